The Labute approximate surface area is 148 Å². The standard InChI is InChI=1S/C21H24N2O2/c1-2-3-12-19(24)21(25)18(13-22)23-20-16-10-6-4-8-14(16)15-9-5-7-11-17(15)20/h4-11,18-21,23-25H,2-3,12H2,1H3/t18-,19+,21+/m0/s1. The van der Waals surface area contributed by atoms with E-state index in [2.05, 4.69) is 23.5 Å². The van der Waals surface area contributed by atoms with Crippen LogP contribution in [0.2, 0.25) is 0 Å². The highest BCUT2D eigenvalue weighted by molar-refractivity contribution is 5.78. The van der Waals surface area contributed by atoms with Gasteiger partial charge in [-0.3, -0.25) is 5.32 Å². The molecule has 130 valence electrons. The van der Waals surface area contributed by atoms with Crippen molar-refractivity contribution in [2.24, 2.45) is 0 Å². The number of hydrogen-bond acceptors (Lipinski definition) is 4. The fourth-order valence-electron chi connectivity index (χ4n) is 3.53. The van der Waals surface area contributed by atoms with Gasteiger partial charge in [0.2, 0.25) is 0 Å². The van der Waals surface area contributed by atoms with Crippen molar-refractivity contribution in [3.05, 3.63) is 59.7 Å². The van der Waals surface area contributed by atoms with E-state index in [1.165, 1.54) is 0 Å². The normalized spacial score (nSPS) is 16.6. The van der Waals surface area contributed by atoms with Crippen LogP contribution in [0.15, 0.2) is 48.5 Å². The van der Waals surface area contributed by atoms with Crippen LogP contribution in [0.5, 0.6) is 0 Å². The monoisotopic (exact) mass is 336 g/mol. The van der Waals surface area contributed by atoms with Crippen LogP contribution in [-0.2, 0) is 0 Å². The largest absolute Gasteiger partial charge is 0.390 e. The molecule has 1 aliphatic carbocycles. The maximum atomic E-state index is 10.4. The van der Waals surface area contributed by atoms with Gasteiger partial charge < -0.3 is 10.2 Å². The first kappa shape index (κ1) is 17.6. The predicted molar refractivity (Wildman–Crippen MR) is 97.8 cm³/mol. The van der Waals surface area contributed by atoms with Crippen LogP contribution in [0.3, 0.4) is 0 Å². The van der Waals surface area contributed by atoms with Crippen LogP contribution in [0.4, 0.5) is 0 Å². The quantitative estimate of drug-likeness (QED) is 0.726. The minimum absolute atomic E-state index is 0.162. The molecule has 2 aromatic rings. The summed E-state index contributed by atoms with van der Waals surface area (Å²) in [5, 5.41) is 33.4. The third-order valence-corrected chi connectivity index (χ3v) is 4.91. The lowest BCUT2D eigenvalue weighted by Gasteiger charge is -2.26. The van der Waals surface area contributed by atoms with Crippen molar-refractivity contribution in [1.82, 2.24) is 5.32 Å². The lowest BCUT2D eigenvalue weighted by molar-refractivity contribution is 0.000380. The van der Waals surface area contributed by atoms with Gasteiger partial charge in [0, 0.05) is 0 Å². The molecule has 0 saturated carbocycles. The number of nitrogens with one attached hydrogen (secondary N) is 1. The smallest absolute Gasteiger partial charge is 0.125 e. The maximum absolute atomic E-state index is 10.4. The number of nitriles is 1. The first-order valence-electron chi connectivity index (χ1n) is 8.87. The van der Waals surface area contributed by atoms with Gasteiger partial charge in [-0.15, -0.1) is 0 Å². The second-order valence-corrected chi connectivity index (χ2v) is 6.58. The van der Waals surface area contributed by atoms with E-state index in [1.54, 1.807) is 0 Å². The Bertz CT molecular complexity index is 723. The molecule has 3 rings (SSSR count). The second-order valence-electron chi connectivity index (χ2n) is 6.58. The molecule has 25 heavy (non-hydrogen) atoms. The van der Waals surface area contributed by atoms with Crippen molar-refractivity contribution < 1.29 is 10.2 Å². The molecule has 0 heterocycles. The van der Waals surface area contributed by atoms with E-state index in [1.807, 2.05) is 43.3 Å². The van der Waals surface area contributed by atoms with E-state index < -0.39 is 18.2 Å². The molecule has 2 aromatic carbocycles. The fraction of sp³-hybridized carbons (Fsp3) is 0.381. The van der Waals surface area contributed by atoms with E-state index in [0.29, 0.717) is 6.42 Å². The molecule has 4 nitrogen and oxygen atoms in total. The van der Waals surface area contributed by atoms with E-state index >= 15 is 0 Å². The predicted octanol–water partition coefficient (Wildman–Crippen LogP) is 3.15. The van der Waals surface area contributed by atoms with Crippen molar-refractivity contribution in [2.45, 2.75) is 50.5 Å². The van der Waals surface area contributed by atoms with Crippen LogP contribution in [0.1, 0.15) is 43.4 Å². The van der Waals surface area contributed by atoms with E-state index in [4.69, 9.17) is 0 Å². The van der Waals surface area contributed by atoms with Gasteiger partial charge in [0.15, 0.2) is 0 Å². The number of hydrogen-bond donors (Lipinski definition) is 3. The van der Waals surface area contributed by atoms with Crippen LogP contribution in [0, 0.1) is 11.3 Å². The Morgan fingerprint density at radius 1 is 1.04 bits per heavy atom. The highest BCUT2D eigenvalue weighted by atomic mass is 16.3. The molecule has 0 bridgehead atoms. The molecular formula is C21H24N2O2. The third kappa shape index (κ3) is 3.45. The lowest BCUT2D eigenvalue weighted by Crippen LogP contribution is -2.46. The summed E-state index contributed by atoms with van der Waals surface area (Å²) in [5.74, 6) is 0. The first-order valence-corrected chi connectivity index (χ1v) is 8.87. The van der Waals surface area contributed by atoms with Gasteiger partial charge in [-0.1, -0.05) is 68.3 Å². The number of aliphatic hydroxyl groups excluding tert-OH is 2. The van der Waals surface area contributed by atoms with Gasteiger partial charge in [0.05, 0.1) is 18.2 Å². The Balaban J connectivity index is 1.85. The highest BCUT2D eigenvalue weighted by Crippen LogP contribution is 2.43. The van der Waals surface area contributed by atoms with Crippen molar-refractivity contribution in [2.75, 3.05) is 0 Å². The van der Waals surface area contributed by atoms with Gasteiger partial charge in [0.25, 0.3) is 0 Å². The number of aliphatic hydroxyl groups is 2. The third-order valence-electron chi connectivity index (χ3n) is 4.91. The van der Waals surface area contributed by atoms with Crippen molar-refractivity contribution in [3.8, 4) is 17.2 Å². The minimum atomic E-state index is -1.11. The molecule has 0 aromatic heterocycles. The van der Waals surface area contributed by atoms with E-state index in [0.717, 1.165) is 35.1 Å². The number of unbranched alkanes of at least 4 members (excludes halogenated alkanes) is 1. The van der Waals surface area contributed by atoms with Crippen LogP contribution in [-0.4, -0.2) is 28.5 Å². The van der Waals surface area contributed by atoms with E-state index in [-0.39, 0.29) is 6.04 Å². The summed E-state index contributed by atoms with van der Waals surface area (Å²) in [5.41, 5.74) is 4.49. The summed E-state index contributed by atoms with van der Waals surface area (Å²) in [4.78, 5) is 0. The number of nitrogens with zero attached hydrogens (tertiary/aromatic N) is 1. The van der Waals surface area contributed by atoms with Gasteiger partial charge in [0.1, 0.15) is 12.1 Å². The molecule has 3 atom stereocenters. The second kappa shape index (κ2) is 7.79. The molecule has 0 radical (unpaired) electrons. The highest BCUT2D eigenvalue weighted by Gasteiger charge is 2.33. The molecule has 0 aliphatic heterocycles. The topological polar surface area (TPSA) is 76.3 Å². The summed E-state index contributed by atoms with van der Waals surface area (Å²) in [6, 6.07) is 17.3. The average Bonchev–Trinajstić information content (AvgIpc) is 2.97. The summed E-state index contributed by atoms with van der Waals surface area (Å²) >= 11 is 0. The Kier molecular flexibility index (Phi) is 5.50. The molecule has 1 aliphatic rings. The molecule has 0 amide bonds. The Hall–Kier alpha value is -2.19. The molecule has 0 fully saturated rings. The first-order chi connectivity index (χ1) is 12.2. The van der Waals surface area contributed by atoms with Crippen LogP contribution >= 0.6 is 0 Å². The maximum Gasteiger partial charge on any atom is 0.125 e. The van der Waals surface area contributed by atoms with Crippen LogP contribution < -0.4 is 5.32 Å². The van der Waals surface area contributed by atoms with Gasteiger partial charge in [-0.2, -0.15) is 5.26 Å². The molecule has 0 unspecified atom stereocenters. The molecule has 4 heteroatoms. The van der Waals surface area contributed by atoms with Gasteiger partial charge in [-0.05, 0) is 28.7 Å². The van der Waals surface area contributed by atoms with Crippen molar-refractivity contribution >= 4 is 0 Å². The van der Waals surface area contributed by atoms with Gasteiger partial charge in [-0.25, -0.2) is 0 Å². The fourth-order valence-corrected chi connectivity index (χ4v) is 3.53. The zero-order valence-corrected chi connectivity index (χ0v) is 14.4. The minimum Gasteiger partial charge on any atom is -0.390 e. The lowest BCUT2D eigenvalue weighted by atomic mass is 9.98. The summed E-state index contributed by atoms with van der Waals surface area (Å²) in [7, 11) is 0. The SMILES string of the molecule is CCCC[C@@H](O)[C@H](O)[C@H](C#N)NC1c2ccccc2-c2ccccc21. The summed E-state index contributed by atoms with van der Waals surface area (Å²) < 4.78 is 0. The molecule has 3 N–H and O–H groups in total. The molecular weight excluding hydrogens is 312 g/mol. The zero-order valence-electron chi connectivity index (χ0n) is 14.4. The summed E-state index contributed by atoms with van der Waals surface area (Å²) in [6.07, 6.45) is 0.249. The Morgan fingerprint density at radius 3 is 2.12 bits per heavy atom. The summed E-state index contributed by atoms with van der Waals surface area (Å²) in [6.45, 7) is 2.03. The van der Waals surface area contributed by atoms with Crippen LogP contribution in [0.25, 0.3) is 11.1 Å². The number of fused-ring (bicyclic) bond motifs is 3. The van der Waals surface area contributed by atoms with Gasteiger partial charge >= 0.3 is 0 Å². The zero-order chi connectivity index (χ0) is 17.8. The van der Waals surface area contributed by atoms with Crippen molar-refractivity contribution in [3.63, 3.8) is 0 Å². The number of benzene rings is 2. The van der Waals surface area contributed by atoms with Crippen molar-refractivity contribution in [1.29, 1.82) is 5.26 Å². The number of rotatable bonds is 7. The molecule has 0 spiro atoms. The average molecular weight is 336 g/mol. The van der Waals surface area contributed by atoms with E-state index in [9.17, 15) is 15.5 Å². The Morgan fingerprint density at radius 2 is 1.60 bits per heavy atom. The molecule has 0 saturated heterocycles.